The lowest BCUT2D eigenvalue weighted by Crippen LogP contribution is -2.03. The standard InChI is InChI=1S/C10H7F3N2O/c1-16-15-10-8(13)6(11)4-5-2-3-7(12)14-9(5)10/h2-4,15H,1H3. The van der Waals surface area contributed by atoms with E-state index in [1.165, 1.54) is 13.2 Å². The number of anilines is 1. The van der Waals surface area contributed by atoms with Gasteiger partial charge in [-0.15, -0.1) is 0 Å². The summed E-state index contributed by atoms with van der Waals surface area (Å²) in [5, 5.41) is 0.278. The molecule has 0 spiro atoms. The van der Waals surface area contributed by atoms with Crippen molar-refractivity contribution in [3.05, 3.63) is 35.8 Å². The molecular weight excluding hydrogens is 221 g/mol. The highest BCUT2D eigenvalue weighted by molar-refractivity contribution is 5.90. The van der Waals surface area contributed by atoms with E-state index in [1.54, 1.807) is 0 Å². The van der Waals surface area contributed by atoms with Crippen LogP contribution < -0.4 is 5.48 Å². The molecule has 1 N–H and O–H groups in total. The first-order chi connectivity index (χ1) is 7.63. The van der Waals surface area contributed by atoms with E-state index in [-0.39, 0.29) is 16.6 Å². The molecule has 3 nitrogen and oxygen atoms in total. The van der Waals surface area contributed by atoms with Crippen LogP contribution in [-0.2, 0) is 4.84 Å². The van der Waals surface area contributed by atoms with E-state index >= 15 is 0 Å². The van der Waals surface area contributed by atoms with Crippen molar-refractivity contribution >= 4 is 16.6 Å². The first-order valence-electron chi connectivity index (χ1n) is 4.36. The molecule has 0 atom stereocenters. The molecule has 0 saturated carbocycles. The van der Waals surface area contributed by atoms with Crippen LogP contribution in [0.15, 0.2) is 18.2 Å². The van der Waals surface area contributed by atoms with Crippen molar-refractivity contribution in [3.63, 3.8) is 0 Å². The molecule has 84 valence electrons. The number of benzene rings is 1. The lowest BCUT2D eigenvalue weighted by atomic mass is 10.2. The number of aromatic nitrogens is 1. The van der Waals surface area contributed by atoms with E-state index in [1.807, 2.05) is 0 Å². The lowest BCUT2D eigenvalue weighted by molar-refractivity contribution is 0.268. The van der Waals surface area contributed by atoms with Crippen molar-refractivity contribution < 1.29 is 18.0 Å². The van der Waals surface area contributed by atoms with Crippen LogP contribution in [0.25, 0.3) is 10.9 Å². The number of hydrogen-bond acceptors (Lipinski definition) is 3. The molecule has 0 aliphatic rings. The van der Waals surface area contributed by atoms with Gasteiger partial charge in [0.2, 0.25) is 5.95 Å². The van der Waals surface area contributed by atoms with Crippen molar-refractivity contribution in [2.75, 3.05) is 12.6 Å². The van der Waals surface area contributed by atoms with Gasteiger partial charge >= 0.3 is 0 Å². The van der Waals surface area contributed by atoms with E-state index in [0.29, 0.717) is 0 Å². The Labute approximate surface area is 88.8 Å². The van der Waals surface area contributed by atoms with Gasteiger partial charge in [0.05, 0.1) is 7.11 Å². The fraction of sp³-hybridized carbons (Fsp3) is 0.100. The molecule has 6 heteroatoms. The zero-order chi connectivity index (χ0) is 11.7. The highest BCUT2D eigenvalue weighted by Gasteiger charge is 2.15. The van der Waals surface area contributed by atoms with Gasteiger partial charge in [-0.2, -0.15) is 4.39 Å². The van der Waals surface area contributed by atoms with Gasteiger partial charge in [-0.25, -0.2) is 13.8 Å². The minimum absolute atomic E-state index is 0.0271. The molecule has 1 aromatic heterocycles. The molecule has 0 unspecified atom stereocenters. The number of fused-ring (bicyclic) bond motifs is 1. The molecule has 0 saturated heterocycles. The van der Waals surface area contributed by atoms with Crippen LogP contribution in [0, 0.1) is 17.6 Å². The maximum Gasteiger partial charge on any atom is 0.213 e. The van der Waals surface area contributed by atoms with Crippen LogP contribution in [0.3, 0.4) is 0 Å². The third kappa shape index (κ3) is 1.67. The highest BCUT2D eigenvalue weighted by Crippen LogP contribution is 2.27. The maximum atomic E-state index is 13.4. The summed E-state index contributed by atoms with van der Waals surface area (Å²) in [4.78, 5) is 7.97. The zero-order valence-corrected chi connectivity index (χ0v) is 8.22. The summed E-state index contributed by atoms with van der Waals surface area (Å²) in [6.45, 7) is 0. The second kappa shape index (κ2) is 3.97. The largest absolute Gasteiger partial charge is 0.279 e. The molecule has 2 aromatic rings. The second-order valence-corrected chi connectivity index (χ2v) is 3.06. The number of nitrogens with one attached hydrogen (secondary N) is 1. The molecule has 0 fully saturated rings. The monoisotopic (exact) mass is 228 g/mol. The average Bonchev–Trinajstić information content (AvgIpc) is 2.26. The summed E-state index contributed by atoms with van der Waals surface area (Å²) in [5.41, 5.74) is 1.79. The van der Waals surface area contributed by atoms with Crippen LogP contribution in [0.2, 0.25) is 0 Å². The van der Waals surface area contributed by atoms with Crippen molar-refractivity contribution in [1.29, 1.82) is 0 Å². The van der Waals surface area contributed by atoms with Crippen LogP contribution in [0.5, 0.6) is 0 Å². The molecule has 0 amide bonds. The Morgan fingerprint density at radius 2 is 2.00 bits per heavy atom. The topological polar surface area (TPSA) is 34.1 Å². The number of rotatable bonds is 2. The predicted octanol–water partition coefficient (Wildman–Crippen LogP) is 2.63. The van der Waals surface area contributed by atoms with E-state index in [4.69, 9.17) is 0 Å². The SMILES string of the molecule is CONc1c(F)c(F)cc2ccc(F)nc12. The van der Waals surface area contributed by atoms with Crippen molar-refractivity contribution in [3.8, 4) is 0 Å². The van der Waals surface area contributed by atoms with Gasteiger partial charge in [0.15, 0.2) is 11.6 Å². The first-order valence-corrected chi connectivity index (χ1v) is 4.36. The summed E-state index contributed by atoms with van der Waals surface area (Å²) in [7, 11) is 1.23. The molecule has 1 aromatic carbocycles. The normalized spacial score (nSPS) is 10.8. The van der Waals surface area contributed by atoms with Crippen molar-refractivity contribution in [2.24, 2.45) is 0 Å². The molecular formula is C10H7F3N2O. The van der Waals surface area contributed by atoms with E-state index in [2.05, 4.69) is 15.3 Å². The minimum atomic E-state index is -1.16. The Balaban J connectivity index is 2.79. The molecule has 0 bridgehead atoms. The molecule has 1 heterocycles. The van der Waals surface area contributed by atoms with E-state index in [9.17, 15) is 13.2 Å². The molecule has 0 aliphatic carbocycles. The Kier molecular flexibility index (Phi) is 2.66. The fourth-order valence-corrected chi connectivity index (χ4v) is 1.38. The zero-order valence-electron chi connectivity index (χ0n) is 8.22. The van der Waals surface area contributed by atoms with E-state index in [0.717, 1.165) is 12.1 Å². The molecule has 0 radical (unpaired) electrons. The van der Waals surface area contributed by atoms with Gasteiger partial charge in [0.1, 0.15) is 11.2 Å². The van der Waals surface area contributed by atoms with Gasteiger partial charge < -0.3 is 0 Å². The lowest BCUT2D eigenvalue weighted by Gasteiger charge is -2.08. The Morgan fingerprint density at radius 1 is 1.25 bits per heavy atom. The van der Waals surface area contributed by atoms with Crippen molar-refractivity contribution in [1.82, 2.24) is 4.98 Å². The molecule has 0 aliphatic heterocycles. The highest BCUT2D eigenvalue weighted by atomic mass is 19.2. The van der Waals surface area contributed by atoms with Gasteiger partial charge in [-0.3, -0.25) is 10.3 Å². The first kappa shape index (κ1) is 10.7. The predicted molar refractivity (Wildman–Crippen MR) is 52.2 cm³/mol. The maximum absolute atomic E-state index is 13.4. The van der Waals surface area contributed by atoms with Gasteiger partial charge in [0, 0.05) is 5.39 Å². The quantitative estimate of drug-likeness (QED) is 0.633. The smallest absolute Gasteiger partial charge is 0.213 e. The van der Waals surface area contributed by atoms with Crippen LogP contribution >= 0.6 is 0 Å². The summed E-state index contributed by atoms with van der Waals surface area (Å²) in [6, 6.07) is 3.31. The number of hydrogen-bond donors (Lipinski definition) is 1. The van der Waals surface area contributed by atoms with Crippen molar-refractivity contribution in [2.45, 2.75) is 0 Å². The van der Waals surface area contributed by atoms with Gasteiger partial charge in [-0.05, 0) is 18.2 Å². The fourth-order valence-electron chi connectivity index (χ4n) is 1.38. The Hall–Kier alpha value is -1.82. The Bertz CT molecular complexity index is 545. The molecule has 2 rings (SSSR count). The summed E-state index contributed by atoms with van der Waals surface area (Å²) in [5.74, 6) is -2.99. The number of pyridine rings is 1. The van der Waals surface area contributed by atoms with Gasteiger partial charge in [-0.1, -0.05) is 0 Å². The summed E-state index contributed by atoms with van der Waals surface area (Å²) in [6.07, 6.45) is 0. The summed E-state index contributed by atoms with van der Waals surface area (Å²) < 4.78 is 39.4. The van der Waals surface area contributed by atoms with Gasteiger partial charge in [0.25, 0.3) is 0 Å². The third-order valence-electron chi connectivity index (χ3n) is 2.04. The summed E-state index contributed by atoms with van der Waals surface area (Å²) >= 11 is 0. The van der Waals surface area contributed by atoms with E-state index < -0.39 is 17.6 Å². The van der Waals surface area contributed by atoms with Crippen LogP contribution in [-0.4, -0.2) is 12.1 Å². The number of nitrogens with zero attached hydrogens (tertiary/aromatic N) is 1. The van der Waals surface area contributed by atoms with Crippen LogP contribution in [0.4, 0.5) is 18.9 Å². The Morgan fingerprint density at radius 3 is 2.69 bits per heavy atom. The second-order valence-electron chi connectivity index (χ2n) is 3.06. The van der Waals surface area contributed by atoms with Crippen LogP contribution in [0.1, 0.15) is 0 Å². The number of halogens is 3. The molecule has 16 heavy (non-hydrogen) atoms. The minimum Gasteiger partial charge on any atom is -0.279 e. The average molecular weight is 228 g/mol. The third-order valence-corrected chi connectivity index (χ3v) is 2.04.